The van der Waals surface area contributed by atoms with Crippen LogP contribution >= 0.6 is 0 Å². The second kappa shape index (κ2) is 10.2. The van der Waals surface area contributed by atoms with Crippen molar-refractivity contribution in [3.05, 3.63) is 41.6 Å². The highest BCUT2D eigenvalue weighted by atomic mass is 19.4. The van der Waals surface area contributed by atoms with Crippen LogP contribution in [0.4, 0.5) is 18.0 Å². The van der Waals surface area contributed by atoms with Crippen molar-refractivity contribution >= 4 is 17.1 Å². The Kier molecular flexibility index (Phi) is 7.36. The third-order valence-corrected chi connectivity index (χ3v) is 6.12. The van der Waals surface area contributed by atoms with Gasteiger partial charge in [-0.15, -0.1) is 10.2 Å². The molecule has 37 heavy (non-hydrogen) atoms. The summed E-state index contributed by atoms with van der Waals surface area (Å²) in [6.07, 6.45) is -1.29. The number of amides is 1. The molecule has 3 aromatic rings. The van der Waals surface area contributed by atoms with Crippen molar-refractivity contribution < 1.29 is 32.2 Å². The largest absolute Gasteiger partial charge is 0.467 e. The summed E-state index contributed by atoms with van der Waals surface area (Å²) in [5, 5.41) is 9.55. The van der Waals surface area contributed by atoms with E-state index < -0.39 is 17.3 Å². The lowest BCUT2D eigenvalue weighted by Crippen LogP contribution is -2.43. The zero-order chi connectivity index (χ0) is 27.0. The fourth-order valence-electron chi connectivity index (χ4n) is 4.53. The van der Waals surface area contributed by atoms with Crippen LogP contribution < -0.4 is 4.74 Å². The van der Waals surface area contributed by atoms with Crippen molar-refractivity contribution in [1.29, 1.82) is 0 Å². The van der Waals surface area contributed by atoms with Crippen LogP contribution in [0.2, 0.25) is 0 Å². The first kappa shape index (κ1) is 26.7. The van der Waals surface area contributed by atoms with Crippen LogP contribution in [0.15, 0.2) is 30.5 Å². The average Bonchev–Trinajstić information content (AvgIpc) is 3.24. The maximum Gasteiger partial charge on any atom is 0.416 e. The molecule has 1 aromatic carbocycles. The number of methoxy groups -OCH3 is 1. The number of piperidine rings is 1. The number of fused-ring (bicyclic) bond motifs is 1. The first-order chi connectivity index (χ1) is 17.4. The van der Waals surface area contributed by atoms with Crippen LogP contribution in [0.25, 0.3) is 22.3 Å². The van der Waals surface area contributed by atoms with Crippen molar-refractivity contribution in [3.63, 3.8) is 0 Å². The van der Waals surface area contributed by atoms with Gasteiger partial charge in [-0.05, 0) is 70.4 Å². The molecular weight excluding hydrogens is 489 g/mol. The molecule has 4 rings (SSSR count). The van der Waals surface area contributed by atoms with Crippen LogP contribution in [0.5, 0.6) is 5.75 Å². The van der Waals surface area contributed by atoms with Gasteiger partial charge in [0.15, 0.2) is 12.4 Å². The van der Waals surface area contributed by atoms with E-state index in [4.69, 9.17) is 14.2 Å². The molecular formula is C26H31F3N4O4. The molecule has 0 spiro atoms. The minimum absolute atomic E-state index is 0.00711. The Morgan fingerprint density at radius 1 is 1.16 bits per heavy atom. The predicted octanol–water partition coefficient (Wildman–Crippen LogP) is 5.98. The maximum atomic E-state index is 13.4. The van der Waals surface area contributed by atoms with Gasteiger partial charge in [0.2, 0.25) is 0 Å². The fraction of sp³-hybridized carbons (Fsp3) is 0.500. The molecule has 1 aliphatic rings. The van der Waals surface area contributed by atoms with Crippen molar-refractivity contribution in [2.75, 3.05) is 27.0 Å². The molecule has 3 heterocycles. The van der Waals surface area contributed by atoms with Crippen molar-refractivity contribution in [2.45, 2.75) is 58.4 Å². The van der Waals surface area contributed by atoms with Gasteiger partial charge in [-0.2, -0.15) is 13.2 Å². The molecule has 0 saturated carbocycles. The van der Waals surface area contributed by atoms with Gasteiger partial charge in [-0.1, -0.05) is 0 Å². The molecule has 8 nitrogen and oxygen atoms in total. The van der Waals surface area contributed by atoms with Crippen LogP contribution in [0, 0.1) is 6.92 Å². The molecule has 0 N–H and O–H groups in total. The Morgan fingerprint density at radius 2 is 1.92 bits per heavy atom. The van der Waals surface area contributed by atoms with Gasteiger partial charge >= 0.3 is 12.3 Å². The minimum Gasteiger partial charge on any atom is -0.467 e. The molecule has 0 unspecified atom stereocenters. The number of alkyl halides is 3. The van der Waals surface area contributed by atoms with Crippen LogP contribution in [-0.4, -0.2) is 58.4 Å². The second-order valence-electron chi connectivity index (χ2n) is 10.2. The number of halogens is 3. The Morgan fingerprint density at radius 3 is 2.59 bits per heavy atom. The number of aryl methyl sites for hydroxylation is 1. The molecule has 11 heteroatoms. The Labute approximate surface area is 213 Å². The maximum absolute atomic E-state index is 13.4. The molecule has 0 bridgehead atoms. The highest BCUT2D eigenvalue weighted by Crippen LogP contribution is 2.40. The van der Waals surface area contributed by atoms with Crippen molar-refractivity contribution in [2.24, 2.45) is 0 Å². The van der Waals surface area contributed by atoms with Gasteiger partial charge in [0.05, 0.1) is 17.3 Å². The van der Waals surface area contributed by atoms with E-state index in [1.807, 2.05) is 37.6 Å². The zero-order valence-corrected chi connectivity index (χ0v) is 21.6. The molecule has 1 saturated heterocycles. The highest BCUT2D eigenvalue weighted by molar-refractivity contribution is 5.83. The van der Waals surface area contributed by atoms with E-state index in [1.54, 1.807) is 17.9 Å². The third-order valence-electron chi connectivity index (χ3n) is 6.12. The number of carbonyl (C=O) groups excluding carboxylic acids is 1. The minimum atomic E-state index is -4.52. The molecule has 200 valence electrons. The van der Waals surface area contributed by atoms with E-state index in [0.29, 0.717) is 35.6 Å². The Hall–Kier alpha value is -3.34. The quantitative estimate of drug-likeness (QED) is 0.385. The number of carbonyl (C=O) groups is 1. The Balaban J connectivity index is 1.65. The number of ether oxygens (including phenoxy) is 3. The fourth-order valence-corrected chi connectivity index (χ4v) is 4.53. The molecule has 0 aliphatic carbocycles. The number of nitrogens with zero attached hydrogens (tertiary/aromatic N) is 4. The van der Waals surface area contributed by atoms with E-state index in [0.717, 1.165) is 30.4 Å². The van der Waals surface area contributed by atoms with Gasteiger partial charge in [-0.3, -0.25) is 0 Å². The number of aromatic nitrogens is 3. The topological polar surface area (TPSA) is 78.7 Å². The molecule has 1 amide bonds. The second-order valence-corrected chi connectivity index (χ2v) is 10.2. The van der Waals surface area contributed by atoms with E-state index in [9.17, 15) is 18.0 Å². The summed E-state index contributed by atoms with van der Waals surface area (Å²) in [5.74, 6) is 0.0162. The standard InChI is InChI=1S/C26H31F3N4O4/c1-16-11-18(26(27,28)29)13-21(36-15-35-5)22(16)20-12-17-8-10-33(23(17)31-30-20)19-7-6-9-32(14-19)24(34)37-25(2,3)4/h8,10-13,19H,6-7,9,14-15H2,1-5H3/t19-/m1/s1. The summed E-state index contributed by atoms with van der Waals surface area (Å²) in [6.45, 7) is 7.98. The lowest BCUT2D eigenvalue weighted by molar-refractivity contribution is -0.137. The molecule has 1 aliphatic heterocycles. The molecule has 1 fully saturated rings. The van der Waals surface area contributed by atoms with Crippen molar-refractivity contribution in [3.8, 4) is 17.0 Å². The summed E-state index contributed by atoms with van der Waals surface area (Å²) in [5.41, 5.74) is 0.404. The van der Waals surface area contributed by atoms with E-state index in [1.165, 1.54) is 7.11 Å². The van der Waals surface area contributed by atoms with Crippen molar-refractivity contribution in [1.82, 2.24) is 19.7 Å². The number of likely N-dealkylation sites (tertiary alicyclic amines) is 1. The third kappa shape index (κ3) is 5.98. The van der Waals surface area contributed by atoms with Gasteiger partial charge in [0.1, 0.15) is 11.4 Å². The number of hydrogen-bond donors (Lipinski definition) is 0. The number of hydrogen-bond acceptors (Lipinski definition) is 6. The molecule has 2 aromatic heterocycles. The van der Waals surface area contributed by atoms with Gasteiger partial charge in [-0.25, -0.2) is 4.79 Å². The predicted molar refractivity (Wildman–Crippen MR) is 131 cm³/mol. The van der Waals surface area contributed by atoms with Gasteiger partial charge < -0.3 is 23.7 Å². The average molecular weight is 521 g/mol. The van der Waals surface area contributed by atoms with E-state index in [2.05, 4.69) is 10.2 Å². The lowest BCUT2D eigenvalue weighted by atomic mass is 10.00. The van der Waals surface area contributed by atoms with Crippen LogP contribution in [-0.2, 0) is 15.7 Å². The summed E-state index contributed by atoms with van der Waals surface area (Å²) < 4.78 is 58.1. The Bertz CT molecular complexity index is 1280. The van der Waals surface area contributed by atoms with Gasteiger partial charge in [0, 0.05) is 37.3 Å². The van der Waals surface area contributed by atoms with Gasteiger partial charge in [0.25, 0.3) is 0 Å². The summed E-state index contributed by atoms with van der Waals surface area (Å²) in [7, 11) is 1.39. The molecule has 0 radical (unpaired) electrons. The first-order valence-corrected chi connectivity index (χ1v) is 12.0. The number of rotatable bonds is 5. The first-order valence-electron chi connectivity index (χ1n) is 12.0. The number of benzene rings is 1. The zero-order valence-electron chi connectivity index (χ0n) is 21.6. The summed E-state index contributed by atoms with van der Waals surface area (Å²) in [6, 6.07) is 5.68. The SMILES string of the molecule is COCOc1cc(C(F)(F)F)cc(C)c1-c1cc2ccn([C@@H]3CCCN(C(=O)OC(C)(C)C)C3)c2nn1. The summed E-state index contributed by atoms with van der Waals surface area (Å²) >= 11 is 0. The van der Waals surface area contributed by atoms with Crippen LogP contribution in [0.1, 0.15) is 50.8 Å². The smallest absolute Gasteiger partial charge is 0.416 e. The highest BCUT2D eigenvalue weighted by Gasteiger charge is 2.33. The summed E-state index contributed by atoms with van der Waals surface area (Å²) in [4.78, 5) is 14.3. The normalized spacial score (nSPS) is 16.8. The lowest BCUT2D eigenvalue weighted by Gasteiger charge is -2.34. The van der Waals surface area contributed by atoms with Crippen LogP contribution in [0.3, 0.4) is 0 Å². The van der Waals surface area contributed by atoms with E-state index in [-0.39, 0.29) is 24.7 Å². The molecule has 1 atom stereocenters. The van der Waals surface area contributed by atoms with E-state index >= 15 is 0 Å². The monoisotopic (exact) mass is 520 g/mol.